The summed E-state index contributed by atoms with van der Waals surface area (Å²) in [5.41, 5.74) is 15.5. The Labute approximate surface area is 598 Å². The van der Waals surface area contributed by atoms with Crippen molar-refractivity contribution in [3.63, 3.8) is 0 Å². The number of imidazole rings is 2. The van der Waals surface area contributed by atoms with E-state index in [1.807, 2.05) is 171 Å². The van der Waals surface area contributed by atoms with Crippen molar-refractivity contribution in [2.45, 2.75) is 317 Å². The number of ether oxygens (including phenoxy) is 12. The van der Waals surface area contributed by atoms with Gasteiger partial charge in [-0.3, -0.25) is 37.8 Å². The number of hydrogen-bond acceptors (Lipinski definition) is 25. The van der Waals surface area contributed by atoms with Crippen LogP contribution in [0.1, 0.15) is 222 Å². The number of nitrogens with two attached hydrogens (primary N) is 3. The van der Waals surface area contributed by atoms with Crippen LogP contribution < -0.4 is 39.7 Å². The van der Waals surface area contributed by atoms with Gasteiger partial charge in [-0.25, -0.2) is 29.5 Å². The molecule has 0 spiro atoms. The van der Waals surface area contributed by atoms with Crippen LogP contribution >= 0.6 is 0 Å². The zero-order chi connectivity index (χ0) is 76.2. The summed E-state index contributed by atoms with van der Waals surface area (Å²) < 4.78 is 79.5. The van der Waals surface area contributed by atoms with E-state index in [9.17, 15) is 19.2 Å². The standard InChI is InChI=1S/C18H29N5O4.C18H29N5O3.C18H30N2O5.C17H29N3O4/c1-17(2,3)25-8-11-10(27-18(4,5)6)7-12(26-11)23-9-20-13-14(23)21-16(19)22-15(13)24;1-17(2,3)24-8-12-11(26-18(4,5)6)7-13(25-12)23-10-22-14-15(19)20-9-21-16(14)23;1-11-9-20(16(22)19-15(11)21)14-8-12(25-18(5,6)7)13(24-14)10-23-17(2,3)4;1-16(2,3)22-10-12-11(24-17(4,5)6)9-14(23-12)20-8-7-13(18)19-15(20)21/h9-12H,7-8H2,1-6H3,(H3,19,21,22,24);9-13H,7-8H2,1-6H3,(H2,19,20,21);9,12-14H,8,10H2,1-7H3,(H,19,21,22);7-8,11-12,14H,9-10H2,1-6H3,(H2,18,19,21)/t10-,11-,12-;11-,12-,13-;12-,13-,14-;11-,12-,14-/m1111/s1. The van der Waals surface area contributed by atoms with E-state index < -0.39 is 23.8 Å². The maximum Gasteiger partial charge on any atom is 0.351 e. The molecule has 0 aliphatic carbocycles. The highest BCUT2D eigenvalue weighted by molar-refractivity contribution is 5.81. The minimum Gasteiger partial charge on any atom is -0.383 e. The summed E-state index contributed by atoms with van der Waals surface area (Å²) in [5.74, 6) is 0.605. The molecule has 12 atom stereocenters. The summed E-state index contributed by atoms with van der Waals surface area (Å²) in [6.45, 7) is 51.4. The first-order valence-corrected chi connectivity index (χ1v) is 35.0. The third kappa shape index (κ3) is 25.0. The van der Waals surface area contributed by atoms with E-state index in [-0.39, 0.29) is 134 Å². The second kappa shape index (κ2) is 32.4. The first-order chi connectivity index (χ1) is 46.8. The van der Waals surface area contributed by atoms with Gasteiger partial charge in [0, 0.05) is 43.6 Å². The Balaban J connectivity index is 0.000000191. The second-order valence-corrected chi connectivity index (χ2v) is 34.1. The first-order valence-electron chi connectivity index (χ1n) is 35.0. The fraction of sp³-hybridized carbons (Fsp3) is 0.746. The van der Waals surface area contributed by atoms with Gasteiger partial charge in [0.25, 0.3) is 11.1 Å². The van der Waals surface area contributed by atoms with E-state index in [1.54, 1.807) is 36.4 Å². The fourth-order valence-corrected chi connectivity index (χ4v) is 11.4. The van der Waals surface area contributed by atoms with Crippen LogP contribution in [0.5, 0.6) is 0 Å². The largest absolute Gasteiger partial charge is 0.383 e. The Kier molecular flexibility index (Phi) is 26.3. The molecular weight excluding hydrogens is 1320 g/mol. The predicted molar refractivity (Wildman–Crippen MR) is 387 cm³/mol. The van der Waals surface area contributed by atoms with E-state index in [2.05, 4.69) is 39.9 Å². The zero-order valence-electron chi connectivity index (χ0n) is 64.8. The van der Waals surface area contributed by atoms with Crippen molar-refractivity contribution < 1.29 is 56.8 Å². The number of aryl methyl sites for hydroxylation is 1. The van der Waals surface area contributed by atoms with E-state index in [0.717, 1.165) is 0 Å². The van der Waals surface area contributed by atoms with Crippen molar-refractivity contribution in [3.05, 3.63) is 84.7 Å². The first kappa shape index (κ1) is 82.7. The molecule has 31 heteroatoms. The van der Waals surface area contributed by atoms with Gasteiger partial charge in [-0.2, -0.15) is 9.97 Å². The number of fused-ring (bicyclic) bond motifs is 2. The number of H-pyrrole nitrogens is 2. The van der Waals surface area contributed by atoms with Gasteiger partial charge in [0.2, 0.25) is 5.95 Å². The average molecular weight is 1440 g/mol. The number of aromatic nitrogens is 12. The SMILES string of the molecule is CC(C)(C)OC[C@H]1O[C@@H](n2ccc(N)nc2=O)C[C@H]1OC(C)(C)C.CC(C)(C)OC[C@H]1O[C@@H](n2cnc3c(=O)[nH]c(N)nc32)C[C@H]1OC(C)(C)C.CC(C)(C)OC[C@H]1O[C@@H](n2cnc3c(N)ncnc32)C[C@H]1OC(C)(C)C.Cc1cn([C@H]2C[C@@H](OC(C)(C)C)[C@@H](COC(C)(C)C)O2)c(=O)[nH]c1=O. The lowest BCUT2D eigenvalue weighted by molar-refractivity contribution is -0.132. The summed E-state index contributed by atoms with van der Waals surface area (Å²) in [5, 5.41) is 0. The molecule has 6 aromatic heterocycles. The Hall–Kier alpha value is -6.62. The molecule has 4 fully saturated rings. The molecule has 102 heavy (non-hydrogen) atoms. The Bertz CT molecular complexity index is 3960. The van der Waals surface area contributed by atoms with Gasteiger partial charge in [-0.1, -0.05) is 0 Å². The molecule has 4 saturated heterocycles. The third-order valence-electron chi connectivity index (χ3n) is 15.5. The van der Waals surface area contributed by atoms with Crippen LogP contribution in [0.4, 0.5) is 17.6 Å². The highest BCUT2D eigenvalue weighted by Gasteiger charge is 2.45. The normalized spacial score (nSPS) is 24.6. The van der Waals surface area contributed by atoms with Gasteiger partial charge in [-0.05, 0) is 179 Å². The van der Waals surface area contributed by atoms with Crippen LogP contribution in [0.3, 0.4) is 0 Å². The highest BCUT2D eigenvalue weighted by Crippen LogP contribution is 2.39. The third-order valence-corrected chi connectivity index (χ3v) is 15.5. The van der Waals surface area contributed by atoms with Gasteiger partial charge in [0.1, 0.15) is 67.0 Å². The van der Waals surface area contributed by atoms with Crippen LogP contribution in [0.25, 0.3) is 22.3 Å². The van der Waals surface area contributed by atoms with Crippen molar-refractivity contribution in [3.8, 4) is 0 Å². The molecule has 31 nitrogen and oxygen atoms in total. The summed E-state index contributed by atoms with van der Waals surface area (Å²) in [7, 11) is 0. The predicted octanol–water partition coefficient (Wildman–Crippen LogP) is 8.93. The van der Waals surface area contributed by atoms with Crippen LogP contribution in [-0.2, 0) is 56.8 Å². The number of anilines is 3. The quantitative estimate of drug-likeness (QED) is 0.0603. The lowest BCUT2D eigenvalue weighted by Gasteiger charge is -2.29. The molecule has 572 valence electrons. The molecule has 6 aromatic rings. The second-order valence-electron chi connectivity index (χ2n) is 34.1. The Morgan fingerprint density at radius 2 is 0.804 bits per heavy atom. The highest BCUT2D eigenvalue weighted by atomic mass is 16.6. The van der Waals surface area contributed by atoms with E-state index in [4.69, 9.17) is 74.0 Å². The molecule has 0 aromatic carbocycles. The molecule has 8 N–H and O–H groups in total. The summed E-state index contributed by atoms with van der Waals surface area (Å²) in [4.78, 5) is 77.4. The van der Waals surface area contributed by atoms with Gasteiger partial charge in [0.05, 0.1) is 108 Å². The average Bonchev–Trinajstić information content (AvgIpc) is 1.63. The number of nitrogen functional groups attached to an aromatic ring is 3. The van der Waals surface area contributed by atoms with Crippen molar-refractivity contribution in [2.75, 3.05) is 43.6 Å². The van der Waals surface area contributed by atoms with Crippen LogP contribution in [-0.4, -0.2) is 178 Å². The van der Waals surface area contributed by atoms with Crippen molar-refractivity contribution in [2.24, 2.45) is 0 Å². The number of nitrogens with zero attached hydrogens (tertiary/aromatic N) is 10. The number of rotatable bonds is 16. The van der Waals surface area contributed by atoms with Gasteiger partial charge >= 0.3 is 11.4 Å². The molecule has 0 saturated carbocycles. The fourth-order valence-electron chi connectivity index (χ4n) is 11.4. The topological polar surface area (TPSA) is 386 Å². The molecule has 4 aliphatic heterocycles. The zero-order valence-corrected chi connectivity index (χ0v) is 64.8. The van der Waals surface area contributed by atoms with Crippen molar-refractivity contribution in [1.29, 1.82) is 0 Å². The van der Waals surface area contributed by atoms with Crippen LogP contribution in [0, 0.1) is 6.92 Å². The lowest BCUT2D eigenvalue weighted by atomic mass is 10.1. The molecule has 10 rings (SSSR count). The lowest BCUT2D eigenvalue weighted by Crippen LogP contribution is -2.37. The number of aromatic amines is 2. The molecule has 0 amide bonds. The van der Waals surface area contributed by atoms with Crippen molar-refractivity contribution >= 4 is 39.9 Å². The van der Waals surface area contributed by atoms with E-state index in [0.29, 0.717) is 80.3 Å². The van der Waals surface area contributed by atoms with Crippen LogP contribution in [0.2, 0.25) is 0 Å². The minimum atomic E-state index is -0.496. The Morgan fingerprint density at radius 3 is 1.18 bits per heavy atom. The summed E-state index contributed by atoms with van der Waals surface area (Å²) in [6, 6.07) is 1.59. The summed E-state index contributed by atoms with van der Waals surface area (Å²) >= 11 is 0. The molecular formula is C71H117N15O16. The molecule has 10 heterocycles. The number of nitrogens with one attached hydrogen (secondary N) is 2. The maximum atomic E-state index is 12.2. The van der Waals surface area contributed by atoms with E-state index >= 15 is 0 Å². The molecule has 0 unspecified atom stereocenters. The van der Waals surface area contributed by atoms with Gasteiger partial charge in [-0.15, -0.1) is 0 Å². The van der Waals surface area contributed by atoms with Crippen molar-refractivity contribution in [1.82, 2.24) is 58.1 Å². The summed E-state index contributed by atoms with van der Waals surface area (Å²) in [6.07, 6.45) is 7.07. The van der Waals surface area contributed by atoms with Crippen LogP contribution in [0.15, 0.2) is 56.6 Å². The molecule has 0 radical (unpaired) electrons. The van der Waals surface area contributed by atoms with Gasteiger partial charge < -0.3 is 74.0 Å². The smallest absolute Gasteiger partial charge is 0.351 e. The minimum absolute atomic E-state index is 0.0438. The molecule has 0 bridgehead atoms. The number of hydrogen-bond donors (Lipinski definition) is 5. The molecule has 4 aliphatic rings. The Morgan fingerprint density at radius 1 is 0.441 bits per heavy atom. The monoisotopic (exact) mass is 1440 g/mol. The van der Waals surface area contributed by atoms with E-state index in [1.165, 1.54) is 21.7 Å². The maximum absolute atomic E-state index is 12.2. The van der Waals surface area contributed by atoms with Gasteiger partial charge in [0.15, 0.2) is 22.6 Å².